The van der Waals surface area contributed by atoms with Crippen LogP contribution in [0.3, 0.4) is 0 Å². The van der Waals surface area contributed by atoms with Crippen LogP contribution in [0.25, 0.3) is 0 Å². The fraction of sp³-hybridized carbons (Fsp3) is 0.571. The number of ether oxygens (including phenoxy) is 1. The standard InChI is InChI=1S/C7H10INO2/c1-2-3-9-5-6(4-8)11-7(9)10/h2,6H,1,3-5H2/t6-/m1/s1. The first-order chi connectivity index (χ1) is 5.27. The Morgan fingerprint density at radius 1 is 1.91 bits per heavy atom. The highest BCUT2D eigenvalue weighted by atomic mass is 127. The normalized spacial score (nSPS) is 23.5. The predicted molar refractivity (Wildman–Crippen MR) is 50.9 cm³/mol. The van der Waals surface area contributed by atoms with Crippen molar-refractivity contribution in [2.75, 3.05) is 17.5 Å². The van der Waals surface area contributed by atoms with Gasteiger partial charge in [-0.15, -0.1) is 6.58 Å². The van der Waals surface area contributed by atoms with Gasteiger partial charge in [-0.2, -0.15) is 0 Å². The van der Waals surface area contributed by atoms with Gasteiger partial charge >= 0.3 is 6.09 Å². The van der Waals surface area contributed by atoms with E-state index in [2.05, 4.69) is 29.2 Å². The monoisotopic (exact) mass is 267 g/mol. The average Bonchev–Trinajstić information content (AvgIpc) is 2.33. The minimum absolute atomic E-state index is 0.0723. The molecular weight excluding hydrogens is 257 g/mol. The number of hydrogen-bond acceptors (Lipinski definition) is 2. The third kappa shape index (κ3) is 2.08. The van der Waals surface area contributed by atoms with E-state index in [1.54, 1.807) is 11.0 Å². The fourth-order valence-corrected chi connectivity index (χ4v) is 1.42. The Morgan fingerprint density at radius 3 is 3.09 bits per heavy atom. The summed E-state index contributed by atoms with van der Waals surface area (Å²) in [6.07, 6.45) is 1.56. The molecule has 0 radical (unpaired) electrons. The lowest BCUT2D eigenvalue weighted by Gasteiger charge is -2.07. The number of rotatable bonds is 3. The second kappa shape index (κ2) is 3.94. The number of carbonyl (C=O) groups excluding carboxylic acids is 1. The van der Waals surface area contributed by atoms with Crippen molar-refractivity contribution in [3.05, 3.63) is 12.7 Å². The molecule has 0 bridgehead atoms. The predicted octanol–water partition coefficient (Wildman–Crippen LogP) is 1.43. The molecule has 0 aliphatic carbocycles. The molecule has 0 N–H and O–H groups in total. The molecule has 1 saturated heterocycles. The molecule has 1 fully saturated rings. The Bertz CT molecular complexity index is 172. The first-order valence-corrected chi connectivity index (χ1v) is 4.93. The molecule has 4 heteroatoms. The van der Waals surface area contributed by atoms with Crippen molar-refractivity contribution in [2.45, 2.75) is 6.10 Å². The highest BCUT2D eigenvalue weighted by Crippen LogP contribution is 2.12. The van der Waals surface area contributed by atoms with E-state index >= 15 is 0 Å². The van der Waals surface area contributed by atoms with E-state index in [0.717, 1.165) is 4.43 Å². The molecule has 0 spiro atoms. The minimum Gasteiger partial charge on any atom is -0.443 e. The van der Waals surface area contributed by atoms with E-state index in [1.165, 1.54) is 0 Å². The molecule has 62 valence electrons. The summed E-state index contributed by atoms with van der Waals surface area (Å²) in [5, 5.41) is 0. The van der Waals surface area contributed by atoms with E-state index < -0.39 is 0 Å². The Hall–Kier alpha value is -0.260. The van der Waals surface area contributed by atoms with Gasteiger partial charge in [0.05, 0.1) is 6.54 Å². The molecule has 11 heavy (non-hydrogen) atoms. The van der Waals surface area contributed by atoms with Crippen molar-refractivity contribution in [3.8, 4) is 0 Å². The lowest BCUT2D eigenvalue weighted by molar-refractivity contribution is 0.142. The van der Waals surface area contributed by atoms with Gasteiger partial charge in [0.1, 0.15) is 6.10 Å². The van der Waals surface area contributed by atoms with Crippen LogP contribution in [-0.4, -0.2) is 34.6 Å². The fourth-order valence-electron chi connectivity index (χ4n) is 0.960. The molecule has 1 atom stereocenters. The summed E-state index contributed by atoms with van der Waals surface area (Å²) in [6, 6.07) is 0. The van der Waals surface area contributed by atoms with Crippen molar-refractivity contribution in [1.82, 2.24) is 4.90 Å². The van der Waals surface area contributed by atoms with Crippen molar-refractivity contribution in [2.24, 2.45) is 0 Å². The maximum atomic E-state index is 11.0. The molecule has 1 heterocycles. The van der Waals surface area contributed by atoms with Crippen molar-refractivity contribution in [1.29, 1.82) is 0 Å². The zero-order valence-corrected chi connectivity index (χ0v) is 8.28. The van der Waals surface area contributed by atoms with Crippen LogP contribution in [0.5, 0.6) is 0 Å². The van der Waals surface area contributed by atoms with Crippen LogP contribution >= 0.6 is 22.6 Å². The van der Waals surface area contributed by atoms with Crippen molar-refractivity contribution in [3.63, 3.8) is 0 Å². The Kier molecular flexibility index (Phi) is 3.16. The van der Waals surface area contributed by atoms with E-state index in [1.807, 2.05) is 0 Å². The summed E-state index contributed by atoms with van der Waals surface area (Å²) in [7, 11) is 0. The first-order valence-electron chi connectivity index (χ1n) is 3.40. The molecule has 0 aromatic rings. The van der Waals surface area contributed by atoms with E-state index in [0.29, 0.717) is 13.1 Å². The van der Waals surface area contributed by atoms with Crippen LogP contribution in [0.4, 0.5) is 4.79 Å². The molecule has 1 aliphatic rings. The molecule has 3 nitrogen and oxygen atoms in total. The summed E-state index contributed by atoms with van der Waals surface area (Å²) >= 11 is 2.21. The van der Waals surface area contributed by atoms with Crippen molar-refractivity contribution >= 4 is 28.7 Å². The van der Waals surface area contributed by atoms with Gasteiger partial charge < -0.3 is 9.64 Å². The summed E-state index contributed by atoms with van der Waals surface area (Å²) < 4.78 is 5.87. The summed E-state index contributed by atoms with van der Waals surface area (Å²) in [6.45, 7) is 4.85. The van der Waals surface area contributed by atoms with Gasteiger partial charge in [0.15, 0.2) is 0 Å². The largest absolute Gasteiger partial charge is 0.443 e. The van der Waals surface area contributed by atoms with E-state index in [4.69, 9.17) is 4.74 Å². The van der Waals surface area contributed by atoms with Crippen molar-refractivity contribution < 1.29 is 9.53 Å². The number of halogens is 1. The number of carbonyl (C=O) groups is 1. The van der Waals surface area contributed by atoms with Gasteiger partial charge in [-0.05, 0) is 0 Å². The number of cyclic esters (lactones) is 1. The Balaban J connectivity index is 2.44. The van der Waals surface area contributed by atoms with Crippen LogP contribution in [0, 0.1) is 0 Å². The lowest BCUT2D eigenvalue weighted by atomic mass is 10.4. The average molecular weight is 267 g/mol. The van der Waals surface area contributed by atoms with Gasteiger partial charge in [0.2, 0.25) is 0 Å². The SMILES string of the molecule is C=CCN1C[C@@H](CI)OC1=O. The molecule has 0 unspecified atom stereocenters. The maximum Gasteiger partial charge on any atom is 0.410 e. The van der Waals surface area contributed by atoms with E-state index in [9.17, 15) is 4.79 Å². The molecule has 0 aromatic carbocycles. The summed E-state index contributed by atoms with van der Waals surface area (Å²) in [5.41, 5.74) is 0. The number of hydrogen-bond donors (Lipinski definition) is 0. The number of amides is 1. The number of nitrogens with zero attached hydrogens (tertiary/aromatic N) is 1. The molecule has 1 rings (SSSR count). The third-order valence-electron chi connectivity index (χ3n) is 1.47. The van der Waals surface area contributed by atoms with Crippen LogP contribution in [-0.2, 0) is 4.74 Å². The molecule has 1 aliphatic heterocycles. The van der Waals surface area contributed by atoms with Crippen LogP contribution < -0.4 is 0 Å². The van der Waals surface area contributed by atoms with Crippen LogP contribution in [0.1, 0.15) is 0 Å². The quantitative estimate of drug-likeness (QED) is 0.440. The molecule has 0 saturated carbocycles. The highest BCUT2D eigenvalue weighted by molar-refractivity contribution is 14.1. The van der Waals surface area contributed by atoms with Crippen LogP contribution in [0.2, 0.25) is 0 Å². The molecule has 0 aromatic heterocycles. The highest BCUT2D eigenvalue weighted by Gasteiger charge is 2.28. The van der Waals surface area contributed by atoms with E-state index in [-0.39, 0.29) is 12.2 Å². The second-order valence-corrected chi connectivity index (χ2v) is 3.23. The summed E-state index contributed by atoms with van der Waals surface area (Å²) in [4.78, 5) is 12.6. The second-order valence-electron chi connectivity index (χ2n) is 2.35. The zero-order chi connectivity index (χ0) is 8.27. The maximum absolute atomic E-state index is 11.0. The minimum atomic E-state index is -0.216. The molecular formula is C7H10INO2. The van der Waals surface area contributed by atoms with Gasteiger partial charge in [-0.25, -0.2) is 4.79 Å². The molecule has 1 amide bonds. The lowest BCUT2D eigenvalue weighted by Crippen LogP contribution is -2.25. The van der Waals surface area contributed by atoms with Crippen LogP contribution in [0.15, 0.2) is 12.7 Å². The summed E-state index contributed by atoms with van der Waals surface area (Å²) in [5.74, 6) is 0. The topological polar surface area (TPSA) is 29.5 Å². The Labute approximate surface area is 79.5 Å². The van der Waals surface area contributed by atoms with Gasteiger partial charge in [0.25, 0.3) is 0 Å². The first kappa shape index (κ1) is 8.83. The third-order valence-corrected chi connectivity index (χ3v) is 2.45. The van der Waals surface area contributed by atoms with Gasteiger partial charge in [0, 0.05) is 11.0 Å². The Morgan fingerprint density at radius 2 is 2.64 bits per heavy atom. The van der Waals surface area contributed by atoms with Gasteiger partial charge in [-0.3, -0.25) is 0 Å². The zero-order valence-electron chi connectivity index (χ0n) is 6.12. The smallest absolute Gasteiger partial charge is 0.410 e. The van der Waals surface area contributed by atoms with Gasteiger partial charge in [-0.1, -0.05) is 28.7 Å². The number of alkyl halides is 1.